The summed E-state index contributed by atoms with van der Waals surface area (Å²) in [6.07, 6.45) is 2.24. The van der Waals surface area contributed by atoms with Gasteiger partial charge in [0.25, 0.3) is 5.91 Å². The molecule has 2 heterocycles. The first-order chi connectivity index (χ1) is 13.0. The summed E-state index contributed by atoms with van der Waals surface area (Å²) < 4.78 is 0. The van der Waals surface area contributed by atoms with Crippen LogP contribution in [0.25, 0.3) is 0 Å². The number of nitrogens with zero attached hydrogens (tertiary/aromatic N) is 3. The Morgan fingerprint density at radius 1 is 1.19 bits per heavy atom. The maximum atomic E-state index is 12.9. The summed E-state index contributed by atoms with van der Waals surface area (Å²) in [7, 11) is 3.45. The maximum absolute atomic E-state index is 12.9. The number of hydrogen-bond acceptors (Lipinski definition) is 5. The summed E-state index contributed by atoms with van der Waals surface area (Å²) in [5, 5.41) is 13.5. The zero-order valence-electron chi connectivity index (χ0n) is 16.2. The fourth-order valence-corrected chi connectivity index (χ4v) is 3.79. The molecule has 2 aliphatic rings. The van der Waals surface area contributed by atoms with E-state index in [9.17, 15) is 14.7 Å². The molecule has 2 saturated heterocycles. The number of aliphatic hydroxyl groups is 1. The second-order valence-electron chi connectivity index (χ2n) is 7.67. The van der Waals surface area contributed by atoms with E-state index in [1.807, 2.05) is 29.2 Å². The van der Waals surface area contributed by atoms with Gasteiger partial charge in [0, 0.05) is 46.0 Å². The van der Waals surface area contributed by atoms with Gasteiger partial charge in [0.05, 0.1) is 24.3 Å². The van der Waals surface area contributed by atoms with Crippen molar-refractivity contribution in [3.05, 3.63) is 29.8 Å². The van der Waals surface area contributed by atoms with Gasteiger partial charge < -0.3 is 20.2 Å². The van der Waals surface area contributed by atoms with E-state index in [1.54, 1.807) is 19.0 Å². The average molecular weight is 374 g/mol. The number of likely N-dealkylation sites (N-methyl/N-ethyl adjacent to an activating group) is 1. The van der Waals surface area contributed by atoms with Gasteiger partial charge in [0.2, 0.25) is 5.91 Å². The van der Waals surface area contributed by atoms with Crippen molar-refractivity contribution in [3.8, 4) is 0 Å². The average Bonchev–Trinajstić information content (AvgIpc) is 3.18. The number of carbonyl (C=O) groups excluding carboxylic acids is 2. The molecule has 1 aromatic carbocycles. The Balaban J connectivity index is 1.60. The summed E-state index contributed by atoms with van der Waals surface area (Å²) in [4.78, 5) is 30.5. The van der Waals surface area contributed by atoms with Gasteiger partial charge in [0.15, 0.2) is 0 Å². The molecule has 7 heteroatoms. The zero-order valence-corrected chi connectivity index (χ0v) is 16.2. The van der Waals surface area contributed by atoms with Gasteiger partial charge in [-0.3, -0.25) is 14.5 Å². The van der Waals surface area contributed by atoms with E-state index >= 15 is 0 Å². The SMILES string of the molecule is CN(C)C(=O)CN1CC[C@@H](NC(=O)c2ccccc2N2CCCC2)[C@H](O)C1. The second-order valence-corrected chi connectivity index (χ2v) is 7.67. The van der Waals surface area contributed by atoms with Crippen LogP contribution in [0.1, 0.15) is 29.6 Å². The summed E-state index contributed by atoms with van der Waals surface area (Å²) in [6.45, 7) is 3.31. The van der Waals surface area contributed by atoms with Crippen molar-refractivity contribution in [1.29, 1.82) is 0 Å². The Kier molecular flexibility index (Phi) is 6.34. The molecular weight excluding hydrogens is 344 g/mol. The summed E-state index contributed by atoms with van der Waals surface area (Å²) in [6, 6.07) is 7.38. The minimum Gasteiger partial charge on any atom is -0.390 e. The molecular formula is C20H30N4O3. The van der Waals surface area contributed by atoms with E-state index in [0.717, 1.165) is 31.6 Å². The van der Waals surface area contributed by atoms with Gasteiger partial charge in [-0.05, 0) is 31.4 Å². The number of piperidine rings is 1. The third kappa shape index (κ3) is 4.78. The van der Waals surface area contributed by atoms with Gasteiger partial charge in [-0.2, -0.15) is 0 Å². The standard InChI is InChI=1S/C20H30N4O3/c1-22(2)19(26)14-23-12-9-16(18(25)13-23)21-20(27)15-7-3-4-8-17(15)24-10-5-6-11-24/h3-4,7-8,16,18,25H,5-6,9-14H2,1-2H3,(H,21,27)/t16-,18-/m1/s1. The highest BCUT2D eigenvalue weighted by Gasteiger charge is 2.31. The molecule has 7 nitrogen and oxygen atoms in total. The van der Waals surface area contributed by atoms with E-state index in [4.69, 9.17) is 0 Å². The van der Waals surface area contributed by atoms with E-state index in [-0.39, 0.29) is 17.9 Å². The van der Waals surface area contributed by atoms with Gasteiger partial charge in [-0.25, -0.2) is 0 Å². The van der Waals surface area contributed by atoms with E-state index in [0.29, 0.717) is 31.6 Å². The maximum Gasteiger partial charge on any atom is 0.253 e. The monoisotopic (exact) mass is 374 g/mol. The molecule has 148 valence electrons. The third-order valence-corrected chi connectivity index (χ3v) is 5.44. The molecule has 2 N–H and O–H groups in total. The fraction of sp³-hybridized carbons (Fsp3) is 0.600. The molecule has 3 rings (SSSR count). The largest absolute Gasteiger partial charge is 0.390 e. The predicted molar refractivity (Wildman–Crippen MR) is 105 cm³/mol. The number of rotatable bonds is 5. The number of benzene rings is 1. The topological polar surface area (TPSA) is 76.1 Å². The minimum absolute atomic E-state index is 0.0178. The molecule has 27 heavy (non-hydrogen) atoms. The lowest BCUT2D eigenvalue weighted by molar-refractivity contribution is -0.130. The number of carbonyl (C=O) groups is 2. The van der Waals surface area contributed by atoms with Crippen LogP contribution in [0, 0.1) is 0 Å². The number of aliphatic hydroxyl groups excluding tert-OH is 1. The molecule has 0 bridgehead atoms. The van der Waals surface area contributed by atoms with Crippen molar-refractivity contribution in [3.63, 3.8) is 0 Å². The van der Waals surface area contributed by atoms with Crippen LogP contribution in [0.4, 0.5) is 5.69 Å². The highest BCUT2D eigenvalue weighted by atomic mass is 16.3. The van der Waals surface area contributed by atoms with Crippen LogP contribution >= 0.6 is 0 Å². The Morgan fingerprint density at radius 2 is 1.89 bits per heavy atom. The number of para-hydroxylation sites is 1. The van der Waals surface area contributed by atoms with E-state index < -0.39 is 6.10 Å². The summed E-state index contributed by atoms with van der Waals surface area (Å²) >= 11 is 0. The lowest BCUT2D eigenvalue weighted by Crippen LogP contribution is -2.55. The molecule has 0 spiro atoms. The normalized spacial score (nSPS) is 23.3. The Bertz CT molecular complexity index is 673. The van der Waals surface area contributed by atoms with Crippen molar-refractivity contribution >= 4 is 17.5 Å². The molecule has 0 aliphatic carbocycles. The quantitative estimate of drug-likeness (QED) is 0.787. The summed E-state index contributed by atoms with van der Waals surface area (Å²) in [5.41, 5.74) is 1.63. The molecule has 0 saturated carbocycles. The van der Waals surface area contributed by atoms with Gasteiger partial charge in [-0.15, -0.1) is 0 Å². The highest BCUT2D eigenvalue weighted by Crippen LogP contribution is 2.25. The number of hydrogen-bond donors (Lipinski definition) is 2. The van der Waals surface area contributed by atoms with Crippen LogP contribution in [0.5, 0.6) is 0 Å². The first kappa shape index (κ1) is 19.6. The molecule has 2 atom stereocenters. The fourth-order valence-electron chi connectivity index (χ4n) is 3.79. The van der Waals surface area contributed by atoms with Crippen molar-refractivity contribution in [2.24, 2.45) is 0 Å². The Morgan fingerprint density at radius 3 is 2.56 bits per heavy atom. The predicted octanol–water partition coefficient (Wildman–Crippen LogP) is 0.540. The van der Waals surface area contributed by atoms with Crippen molar-refractivity contribution in [2.45, 2.75) is 31.4 Å². The smallest absolute Gasteiger partial charge is 0.253 e. The van der Waals surface area contributed by atoms with Crippen molar-refractivity contribution in [2.75, 3.05) is 51.7 Å². The molecule has 0 aromatic heterocycles. The zero-order chi connectivity index (χ0) is 19.4. The van der Waals surface area contributed by atoms with Crippen molar-refractivity contribution in [1.82, 2.24) is 15.1 Å². The second kappa shape index (κ2) is 8.71. The van der Waals surface area contributed by atoms with Crippen LogP contribution in [0.3, 0.4) is 0 Å². The lowest BCUT2D eigenvalue weighted by Gasteiger charge is -2.36. The molecule has 2 fully saturated rings. The number of nitrogens with one attached hydrogen (secondary N) is 1. The van der Waals surface area contributed by atoms with Gasteiger partial charge in [-0.1, -0.05) is 12.1 Å². The number of likely N-dealkylation sites (tertiary alicyclic amines) is 1. The van der Waals surface area contributed by atoms with Crippen LogP contribution in [0.2, 0.25) is 0 Å². The van der Waals surface area contributed by atoms with Gasteiger partial charge in [0.1, 0.15) is 0 Å². The lowest BCUT2D eigenvalue weighted by atomic mass is 10.0. The molecule has 2 aliphatic heterocycles. The Labute approximate surface area is 160 Å². The van der Waals surface area contributed by atoms with Gasteiger partial charge >= 0.3 is 0 Å². The van der Waals surface area contributed by atoms with Crippen LogP contribution in [-0.4, -0.2) is 85.7 Å². The number of anilines is 1. The van der Waals surface area contributed by atoms with Crippen LogP contribution in [-0.2, 0) is 4.79 Å². The highest BCUT2D eigenvalue weighted by molar-refractivity contribution is 6.00. The first-order valence-corrected chi connectivity index (χ1v) is 9.71. The van der Waals surface area contributed by atoms with Crippen molar-refractivity contribution < 1.29 is 14.7 Å². The molecule has 0 unspecified atom stereocenters. The third-order valence-electron chi connectivity index (χ3n) is 5.44. The molecule has 0 radical (unpaired) electrons. The van der Waals surface area contributed by atoms with E-state index in [1.165, 1.54) is 0 Å². The number of β-amino-alcohol motifs (C(OH)–C–C–N with tert-alkyl or cyclic N) is 1. The minimum atomic E-state index is -0.684. The van der Waals surface area contributed by atoms with Crippen LogP contribution < -0.4 is 10.2 Å². The van der Waals surface area contributed by atoms with Crippen LogP contribution in [0.15, 0.2) is 24.3 Å². The molecule has 2 amide bonds. The first-order valence-electron chi connectivity index (χ1n) is 9.71. The summed E-state index contributed by atoms with van der Waals surface area (Å²) in [5.74, 6) is -0.122. The molecule has 1 aromatic rings. The Hall–Kier alpha value is -2.12. The van der Waals surface area contributed by atoms with E-state index in [2.05, 4.69) is 10.2 Å². The number of amides is 2.